The maximum Gasteiger partial charge on any atom is 0.222 e. The zero-order chi connectivity index (χ0) is 12.4. The van der Waals surface area contributed by atoms with Gasteiger partial charge < -0.3 is 16.4 Å². The number of amides is 1. The predicted octanol–water partition coefficient (Wildman–Crippen LogP) is 1.15. The van der Waals surface area contributed by atoms with Gasteiger partial charge in [-0.3, -0.25) is 4.79 Å². The van der Waals surface area contributed by atoms with Crippen LogP contribution in [0.15, 0.2) is 4.90 Å². The number of piperidine rings is 1. The van der Waals surface area contributed by atoms with Crippen LogP contribution in [0.3, 0.4) is 0 Å². The second-order valence-corrected chi connectivity index (χ2v) is 5.66. The van der Waals surface area contributed by atoms with Crippen LogP contribution in [0.2, 0.25) is 0 Å². The quantitative estimate of drug-likeness (QED) is 0.806. The summed E-state index contributed by atoms with van der Waals surface area (Å²) in [7, 11) is 0. The van der Waals surface area contributed by atoms with Gasteiger partial charge in [0.2, 0.25) is 5.91 Å². The van der Waals surface area contributed by atoms with Crippen molar-refractivity contribution in [3.8, 4) is 0 Å². The number of nitrogens with zero attached hydrogens (tertiary/aromatic N) is 2. The van der Waals surface area contributed by atoms with E-state index in [1.54, 1.807) is 11.8 Å². The molecule has 0 radical (unpaired) electrons. The van der Waals surface area contributed by atoms with Crippen LogP contribution in [-0.4, -0.2) is 29.6 Å². The van der Waals surface area contributed by atoms with Crippen molar-refractivity contribution in [3.63, 3.8) is 0 Å². The van der Waals surface area contributed by atoms with E-state index in [0.717, 1.165) is 29.3 Å². The number of rotatable bonds is 3. The lowest BCUT2D eigenvalue weighted by molar-refractivity contribution is -0.122. The molecular weight excluding hydrogens is 256 g/mol. The summed E-state index contributed by atoms with van der Waals surface area (Å²) in [6.07, 6.45) is 3.85. The van der Waals surface area contributed by atoms with Crippen molar-refractivity contribution >= 4 is 40.0 Å². The Kier molecular flexibility index (Phi) is 3.78. The average Bonchev–Trinajstić information content (AvgIpc) is 2.70. The molecule has 0 bridgehead atoms. The van der Waals surface area contributed by atoms with Gasteiger partial charge in [-0.2, -0.15) is 4.37 Å². The van der Waals surface area contributed by atoms with Crippen LogP contribution < -0.4 is 16.4 Å². The number of hydrogen-bond acceptors (Lipinski definition) is 6. The zero-order valence-corrected chi connectivity index (χ0v) is 11.3. The van der Waals surface area contributed by atoms with Crippen LogP contribution in [-0.2, 0) is 4.79 Å². The Morgan fingerprint density at radius 1 is 1.65 bits per heavy atom. The molecule has 1 aromatic rings. The average molecular weight is 272 g/mol. The fraction of sp³-hybridized carbons (Fsp3) is 0.600. The summed E-state index contributed by atoms with van der Waals surface area (Å²) in [6, 6.07) is 0. The smallest absolute Gasteiger partial charge is 0.222 e. The van der Waals surface area contributed by atoms with Gasteiger partial charge in [-0.1, -0.05) is 0 Å². The summed E-state index contributed by atoms with van der Waals surface area (Å²) in [4.78, 5) is 14.4. The van der Waals surface area contributed by atoms with Gasteiger partial charge in [0.25, 0.3) is 0 Å². The largest absolute Gasteiger partial charge is 0.382 e. The first-order valence-electron chi connectivity index (χ1n) is 5.47. The lowest BCUT2D eigenvalue weighted by Crippen LogP contribution is -2.41. The van der Waals surface area contributed by atoms with Gasteiger partial charge >= 0.3 is 0 Å². The van der Waals surface area contributed by atoms with E-state index in [4.69, 9.17) is 11.5 Å². The Morgan fingerprint density at radius 2 is 2.41 bits per heavy atom. The van der Waals surface area contributed by atoms with Crippen molar-refractivity contribution in [1.29, 1.82) is 0 Å². The predicted molar refractivity (Wildman–Crippen MR) is 72.4 cm³/mol. The number of nitrogens with two attached hydrogens (primary N) is 2. The van der Waals surface area contributed by atoms with Gasteiger partial charge in [0, 0.05) is 13.1 Å². The highest BCUT2D eigenvalue weighted by molar-refractivity contribution is 7.99. The minimum atomic E-state index is -0.210. The van der Waals surface area contributed by atoms with Crippen molar-refractivity contribution in [3.05, 3.63) is 0 Å². The van der Waals surface area contributed by atoms with E-state index in [1.807, 2.05) is 6.26 Å². The molecule has 5 nitrogen and oxygen atoms in total. The minimum Gasteiger partial charge on any atom is -0.382 e. The molecule has 1 amide bonds. The second kappa shape index (κ2) is 5.14. The van der Waals surface area contributed by atoms with Crippen LogP contribution in [0.25, 0.3) is 0 Å². The van der Waals surface area contributed by atoms with Gasteiger partial charge in [-0.25, -0.2) is 0 Å². The molecule has 1 saturated heterocycles. The van der Waals surface area contributed by atoms with Crippen molar-refractivity contribution in [2.24, 2.45) is 11.7 Å². The fourth-order valence-electron chi connectivity index (χ4n) is 2.07. The van der Waals surface area contributed by atoms with Crippen molar-refractivity contribution in [2.45, 2.75) is 17.7 Å². The molecule has 2 rings (SSSR count). The molecule has 0 saturated carbocycles. The summed E-state index contributed by atoms with van der Waals surface area (Å²) in [5.41, 5.74) is 11.2. The number of hydrogen-bond donors (Lipinski definition) is 2. The first-order valence-corrected chi connectivity index (χ1v) is 7.46. The maximum absolute atomic E-state index is 11.2. The van der Waals surface area contributed by atoms with Gasteiger partial charge in [0.15, 0.2) is 5.82 Å². The Labute approximate surface area is 109 Å². The van der Waals surface area contributed by atoms with Crippen molar-refractivity contribution < 1.29 is 4.79 Å². The van der Waals surface area contributed by atoms with Gasteiger partial charge in [-0.15, -0.1) is 11.8 Å². The Hall–Kier alpha value is -0.950. The second-order valence-electron chi connectivity index (χ2n) is 4.09. The lowest BCUT2D eigenvalue weighted by atomic mass is 9.98. The summed E-state index contributed by atoms with van der Waals surface area (Å²) >= 11 is 3.00. The molecule has 0 spiro atoms. The molecule has 2 heterocycles. The molecule has 17 heavy (non-hydrogen) atoms. The number of thioether (sulfide) groups is 1. The Morgan fingerprint density at radius 3 is 3.06 bits per heavy atom. The van der Waals surface area contributed by atoms with Crippen LogP contribution >= 0.6 is 23.3 Å². The van der Waals surface area contributed by atoms with Gasteiger partial charge in [0.1, 0.15) is 5.00 Å². The topological polar surface area (TPSA) is 85.2 Å². The van der Waals surface area contributed by atoms with Crippen LogP contribution in [0.5, 0.6) is 0 Å². The number of carbonyl (C=O) groups excluding carboxylic acids is 1. The molecule has 1 fully saturated rings. The summed E-state index contributed by atoms with van der Waals surface area (Å²) in [5, 5.41) is 1.07. The van der Waals surface area contributed by atoms with E-state index in [2.05, 4.69) is 9.27 Å². The molecule has 7 heteroatoms. The number of nitrogen functional groups attached to an aromatic ring is 1. The summed E-state index contributed by atoms with van der Waals surface area (Å²) < 4.78 is 4.17. The monoisotopic (exact) mass is 272 g/mol. The zero-order valence-electron chi connectivity index (χ0n) is 9.68. The highest BCUT2D eigenvalue weighted by Crippen LogP contribution is 2.39. The van der Waals surface area contributed by atoms with Crippen LogP contribution in [0.4, 0.5) is 10.8 Å². The highest BCUT2D eigenvalue weighted by Gasteiger charge is 2.27. The number of aromatic nitrogens is 1. The standard InChI is InChI=1S/C10H16N4OS2/c1-16-7-8(11)13-17-10(7)14-4-2-3-6(5-14)9(12)15/h6H,2-5H2,1H3,(H2,11,13)(H2,12,15). The van der Waals surface area contributed by atoms with E-state index in [1.165, 1.54) is 11.5 Å². The number of carbonyl (C=O) groups is 1. The van der Waals surface area contributed by atoms with E-state index in [0.29, 0.717) is 12.4 Å². The third kappa shape index (κ3) is 2.50. The molecule has 1 aromatic heterocycles. The first-order chi connectivity index (χ1) is 8.13. The molecule has 1 aliphatic heterocycles. The molecule has 1 atom stereocenters. The molecule has 1 unspecified atom stereocenters. The molecule has 0 aliphatic carbocycles. The van der Waals surface area contributed by atoms with Gasteiger partial charge in [-0.05, 0) is 30.6 Å². The maximum atomic E-state index is 11.2. The van der Waals surface area contributed by atoms with E-state index >= 15 is 0 Å². The minimum absolute atomic E-state index is 0.0539. The van der Waals surface area contributed by atoms with Crippen molar-refractivity contribution in [2.75, 3.05) is 30.0 Å². The van der Waals surface area contributed by atoms with Crippen LogP contribution in [0, 0.1) is 5.92 Å². The Balaban J connectivity index is 2.18. The third-order valence-electron chi connectivity index (χ3n) is 2.97. The molecule has 1 aliphatic rings. The number of primary amides is 1. The Bertz CT molecular complexity index is 420. The van der Waals surface area contributed by atoms with Crippen molar-refractivity contribution in [1.82, 2.24) is 4.37 Å². The van der Waals surface area contributed by atoms with Crippen LogP contribution in [0.1, 0.15) is 12.8 Å². The first kappa shape index (κ1) is 12.5. The number of anilines is 2. The third-order valence-corrected chi connectivity index (χ3v) is 4.84. The molecule has 4 N–H and O–H groups in total. The fourth-order valence-corrected chi connectivity index (χ4v) is 3.79. The van der Waals surface area contributed by atoms with E-state index in [9.17, 15) is 4.79 Å². The summed E-state index contributed by atoms with van der Waals surface area (Å²) in [5.74, 6) is 0.318. The highest BCUT2D eigenvalue weighted by atomic mass is 32.2. The lowest BCUT2D eigenvalue weighted by Gasteiger charge is -2.32. The normalized spacial score (nSPS) is 20.5. The molecule has 94 valence electrons. The van der Waals surface area contributed by atoms with E-state index in [-0.39, 0.29) is 11.8 Å². The van der Waals surface area contributed by atoms with Gasteiger partial charge in [0.05, 0.1) is 10.8 Å². The molecule has 0 aromatic carbocycles. The summed E-state index contributed by atoms with van der Waals surface area (Å²) in [6.45, 7) is 1.63. The SMILES string of the molecule is CSc1c(N)nsc1N1CCCC(C(N)=O)C1. The van der Waals surface area contributed by atoms with E-state index < -0.39 is 0 Å². The molecular formula is C10H16N4OS2.